The third-order valence-electron chi connectivity index (χ3n) is 4.25. The minimum Gasteiger partial charge on any atom is -0.468 e. The highest BCUT2D eigenvalue weighted by Gasteiger charge is 2.37. The van der Waals surface area contributed by atoms with Crippen molar-refractivity contribution in [3.63, 3.8) is 0 Å². The zero-order chi connectivity index (χ0) is 16.4. The molecule has 0 radical (unpaired) electrons. The normalized spacial score (nSPS) is 19.5. The van der Waals surface area contributed by atoms with Crippen LogP contribution in [0.4, 0.5) is 0 Å². The Balaban J connectivity index is 1.86. The van der Waals surface area contributed by atoms with Crippen LogP contribution in [0.15, 0.2) is 52.0 Å². The van der Waals surface area contributed by atoms with E-state index in [1.807, 2.05) is 18.2 Å². The van der Waals surface area contributed by atoms with Gasteiger partial charge in [0.05, 0.1) is 17.2 Å². The lowest BCUT2D eigenvalue weighted by atomic mass is 10.0. The fourth-order valence-corrected chi connectivity index (χ4v) is 4.86. The Morgan fingerprint density at radius 1 is 1.22 bits per heavy atom. The molecule has 1 saturated heterocycles. The summed E-state index contributed by atoms with van der Waals surface area (Å²) in [5.41, 5.74) is 1.17. The molecule has 3 rings (SSSR count). The molecule has 0 aliphatic carbocycles. The standard InChI is InChI=1S/C18H23NO3S/c1-14(2)13-15-7-9-16(10-8-15)23(20,21)19-11-3-5-17(19)18-6-4-12-22-18/h4,6-10,12,14,17H,3,5,11,13H2,1-2H3/t17-/m0/s1. The summed E-state index contributed by atoms with van der Waals surface area (Å²) in [6.07, 6.45) is 4.21. The fraction of sp³-hybridized carbons (Fsp3) is 0.444. The summed E-state index contributed by atoms with van der Waals surface area (Å²) < 4.78 is 32.9. The topological polar surface area (TPSA) is 50.5 Å². The number of hydrogen-bond donors (Lipinski definition) is 0. The van der Waals surface area contributed by atoms with Crippen molar-refractivity contribution in [3.05, 3.63) is 54.0 Å². The van der Waals surface area contributed by atoms with Gasteiger partial charge in [-0.25, -0.2) is 8.42 Å². The highest BCUT2D eigenvalue weighted by Crippen LogP contribution is 2.36. The molecule has 1 aromatic carbocycles. The molecule has 1 aliphatic rings. The van der Waals surface area contributed by atoms with E-state index in [1.54, 1.807) is 28.8 Å². The monoisotopic (exact) mass is 333 g/mol. The average Bonchev–Trinajstić information content (AvgIpc) is 3.18. The van der Waals surface area contributed by atoms with Crippen molar-refractivity contribution in [3.8, 4) is 0 Å². The van der Waals surface area contributed by atoms with Gasteiger partial charge in [-0.3, -0.25) is 0 Å². The van der Waals surface area contributed by atoms with Crippen molar-refractivity contribution < 1.29 is 12.8 Å². The molecule has 23 heavy (non-hydrogen) atoms. The van der Waals surface area contributed by atoms with Crippen LogP contribution in [-0.4, -0.2) is 19.3 Å². The van der Waals surface area contributed by atoms with Gasteiger partial charge < -0.3 is 4.42 Å². The van der Waals surface area contributed by atoms with E-state index in [-0.39, 0.29) is 6.04 Å². The molecule has 0 N–H and O–H groups in total. The number of sulfonamides is 1. The lowest BCUT2D eigenvalue weighted by Gasteiger charge is -2.22. The van der Waals surface area contributed by atoms with Crippen LogP contribution in [0.5, 0.6) is 0 Å². The maximum atomic E-state index is 13.0. The van der Waals surface area contributed by atoms with E-state index in [9.17, 15) is 8.42 Å². The Labute approximate surface area is 138 Å². The number of benzene rings is 1. The third kappa shape index (κ3) is 3.35. The molecule has 0 unspecified atom stereocenters. The number of furan rings is 1. The van der Waals surface area contributed by atoms with Gasteiger partial charge in [-0.1, -0.05) is 26.0 Å². The van der Waals surface area contributed by atoms with Crippen LogP contribution in [-0.2, 0) is 16.4 Å². The maximum Gasteiger partial charge on any atom is 0.243 e. The first-order valence-corrected chi connectivity index (χ1v) is 9.56. The molecule has 1 fully saturated rings. The van der Waals surface area contributed by atoms with Crippen molar-refractivity contribution in [2.24, 2.45) is 5.92 Å². The molecule has 124 valence electrons. The smallest absolute Gasteiger partial charge is 0.243 e. The predicted molar refractivity (Wildman–Crippen MR) is 89.6 cm³/mol. The van der Waals surface area contributed by atoms with Gasteiger partial charge in [0.2, 0.25) is 10.0 Å². The third-order valence-corrected chi connectivity index (χ3v) is 6.17. The molecule has 2 aromatic rings. The summed E-state index contributed by atoms with van der Waals surface area (Å²) >= 11 is 0. The molecule has 1 aliphatic heterocycles. The summed E-state index contributed by atoms with van der Waals surface area (Å²) in [6.45, 7) is 4.85. The highest BCUT2D eigenvalue weighted by molar-refractivity contribution is 7.89. The number of hydrogen-bond acceptors (Lipinski definition) is 3. The molecule has 0 bridgehead atoms. The van der Waals surface area contributed by atoms with Gasteiger partial charge in [0.25, 0.3) is 0 Å². The summed E-state index contributed by atoms with van der Waals surface area (Å²) in [5.74, 6) is 1.28. The summed E-state index contributed by atoms with van der Waals surface area (Å²) in [6, 6.07) is 10.8. The largest absolute Gasteiger partial charge is 0.468 e. The minimum absolute atomic E-state index is 0.189. The molecular weight excluding hydrogens is 310 g/mol. The van der Waals surface area contributed by atoms with Crippen LogP contribution >= 0.6 is 0 Å². The van der Waals surface area contributed by atoms with E-state index >= 15 is 0 Å². The van der Waals surface area contributed by atoms with E-state index < -0.39 is 10.0 Å². The van der Waals surface area contributed by atoms with Gasteiger partial charge in [-0.15, -0.1) is 0 Å². The second kappa shape index (κ2) is 6.49. The minimum atomic E-state index is -3.49. The van der Waals surface area contributed by atoms with Crippen molar-refractivity contribution in [2.75, 3.05) is 6.54 Å². The summed E-state index contributed by atoms with van der Waals surface area (Å²) in [5, 5.41) is 0. The lowest BCUT2D eigenvalue weighted by Crippen LogP contribution is -2.30. The quantitative estimate of drug-likeness (QED) is 0.831. The zero-order valence-corrected chi connectivity index (χ0v) is 14.4. The molecule has 5 heteroatoms. The van der Waals surface area contributed by atoms with Crippen LogP contribution in [0.25, 0.3) is 0 Å². The van der Waals surface area contributed by atoms with Gasteiger partial charge in [-0.2, -0.15) is 4.31 Å². The highest BCUT2D eigenvalue weighted by atomic mass is 32.2. The lowest BCUT2D eigenvalue weighted by molar-refractivity contribution is 0.340. The van der Waals surface area contributed by atoms with E-state index in [0.717, 1.165) is 25.0 Å². The molecule has 1 aromatic heterocycles. The van der Waals surface area contributed by atoms with Crippen LogP contribution in [0.3, 0.4) is 0 Å². The zero-order valence-electron chi connectivity index (χ0n) is 13.6. The Hall–Kier alpha value is -1.59. The van der Waals surface area contributed by atoms with Crippen LogP contribution in [0, 0.1) is 5.92 Å². The van der Waals surface area contributed by atoms with E-state index in [1.165, 1.54) is 5.56 Å². The van der Waals surface area contributed by atoms with E-state index in [4.69, 9.17) is 4.42 Å². The van der Waals surface area contributed by atoms with E-state index in [0.29, 0.717) is 17.4 Å². The Morgan fingerprint density at radius 3 is 2.57 bits per heavy atom. The summed E-state index contributed by atoms with van der Waals surface area (Å²) in [4.78, 5) is 0.364. The van der Waals surface area contributed by atoms with Gasteiger partial charge in [0.15, 0.2) is 0 Å². The van der Waals surface area contributed by atoms with Gasteiger partial charge in [0, 0.05) is 6.54 Å². The van der Waals surface area contributed by atoms with Gasteiger partial charge in [0.1, 0.15) is 5.76 Å². The SMILES string of the molecule is CC(C)Cc1ccc(S(=O)(=O)N2CCC[C@H]2c2ccco2)cc1. The first kappa shape index (κ1) is 16.3. The first-order valence-electron chi connectivity index (χ1n) is 8.12. The maximum absolute atomic E-state index is 13.0. The molecular formula is C18H23NO3S. The van der Waals surface area contributed by atoms with Crippen LogP contribution in [0.1, 0.15) is 44.1 Å². The molecule has 0 amide bonds. The van der Waals surface area contributed by atoms with Gasteiger partial charge in [-0.05, 0) is 55.0 Å². The van der Waals surface area contributed by atoms with Crippen molar-refractivity contribution >= 4 is 10.0 Å². The Morgan fingerprint density at radius 2 is 1.96 bits per heavy atom. The second-order valence-electron chi connectivity index (χ2n) is 6.53. The molecule has 2 heterocycles. The number of nitrogens with zero attached hydrogens (tertiary/aromatic N) is 1. The van der Waals surface area contributed by atoms with Crippen molar-refractivity contribution in [1.29, 1.82) is 0 Å². The molecule has 0 spiro atoms. The van der Waals surface area contributed by atoms with Crippen molar-refractivity contribution in [1.82, 2.24) is 4.31 Å². The summed E-state index contributed by atoms with van der Waals surface area (Å²) in [7, 11) is -3.49. The average molecular weight is 333 g/mol. The van der Waals surface area contributed by atoms with Gasteiger partial charge >= 0.3 is 0 Å². The Bertz CT molecular complexity index is 733. The molecule has 0 saturated carbocycles. The second-order valence-corrected chi connectivity index (χ2v) is 8.42. The van der Waals surface area contributed by atoms with E-state index in [2.05, 4.69) is 13.8 Å². The number of rotatable bonds is 5. The van der Waals surface area contributed by atoms with Crippen LogP contribution < -0.4 is 0 Å². The first-order chi connectivity index (χ1) is 11.0. The molecule has 4 nitrogen and oxygen atoms in total. The Kier molecular flexibility index (Phi) is 4.60. The van der Waals surface area contributed by atoms with Crippen LogP contribution in [0.2, 0.25) is 0 Å². The fourth-order valence-electron chi connectivity index (χ4n) is 3.20. The predicted octanol–water partition coefficient (Wildman–Crippen LogP) is 4.00. The van der Waals surface area contributed by atoms with Crippen molar-refractivity contribution in [2.45, 2.75) is 44.0 Å². The molecule has 1 atom stereocenters.